The summed E-state index contributed by atoms with van der Waals surface area (Å²) in [5, 5.41) is 23.2. The van der Waals surface area contributed by atoms with Crippen molar-refractivity contribution >= 4 is 17.6 Å². The average molecular weight is 401 g/mol. The third-order valence-electron chi connectivity index (χ3n) is 4.37. The van der Waals surface area contributed by atoms with E-state index in [9.17, 15) is 10.5 Å². The molecule has 0 fully saturated rings. The zero-order valence-corrected chi connectivity index (χ0v) is 16.3. The number of nitriles is 2. The Kier molecular flexibility index (Phi) is 5.19. The summed E-state index contributed by atoms with van der Waals surface area (Å²) in [6, 6.07) is 15.5. The molecule has 0 atom stereocenters. The molecule has 3 heterocycles. The second-order valence-corrected chi connectivity index (χ2v) is 7.01. The number of benzene rings is 1. The first kappa shape index (κ1) is 18.6. The van der Waals surface area contributed by atoms with Crippen molar-refractivity contribution in [1.82, 2.24) is 9.97 Å². The van der Waals surface area contributed by atoms with Crippen molar-refractivity contribution in [3.63, 3.8) is 0 Å². The zero-order valence-electron chi connectivity index (χ0n) is 15.5. The van der Waals surface area contributed by atoms with Crippen LogP contribution in [0.15, 0.2) is 47.6 Å². The first-order chi connectivity index (χ1) is 14.2. The number of ether oxygens (including phenoxy) is 2. The Labute approximate surface area is 171 Å². The number of pyridine rings is 2. The van der Waals surface area contributed by atoms with Crippen molar-refractivity contribution in [2.45, 2.75) is 10.8 Å². The molecule has 0 spiro atoms. The van der Waals surface area contributed by atoms with Gasteiger partial charge < -0.3 is 14.8 Å². The monoisotopic (exact) mass is 401 g/mol. The quantitative estimate of drug-likeness (QED) is 0.641. The maximum absolute atomic E-state index is 9.93. The van der Waals surface area contributed by atoms with Crippen molar-refractivity contribution < 1.29 is 9.47 Å². The number of thioether (sulfide) groups is 1. The second-order valence-electron chi connectivity index (χ2n) is 6.04. The van der Waals surface area contributed by atoms with E-state index in [2.05, 4.69) is 27.4 Å². The van der Waals surface area contributed by atoms with Gasteiger partial charge in [-0.1, -0.05) is 23.9 Å². The summed E-state index contributed by atoms with van der Waals surface area (Å²) >= 11 is 1.41. The molecule has 0 saturated heterocycles. The van der Waals surface area contributed by atoms with E-state index in [0.29, 0.717) is 50.3 Å². The normalized spacial score (nSPS) is 11.6. The standard InChI is InChI=1S/C21H15N5O2S/c1-24-20-15(9-22)19(13-5-6-17-18(8-13)28-12-27-17)16(10-23)21(26-20)29-11-14-4-2-3-7-25-14/h2-8H,11-12H2,1H3,(H,24,26). The molecule has 3 aromatic rings. The van der Waals surface area contributed by atoms with Crippen molar-refractivity contribution in [2.75, 3.05) is 19.2 Å². The number of anilines is 1. The first-order valence-corrected chi connectivity index (χ1v) is 9.72. The van der Waals surface area contributed by atoms with Crippen LogP contribution in [0.5, 0.6) is 11.5 Å². The van der Waals surface area contributed by atoms with Crippen molar-refractivity contribution in [1.29, 1.82) is 10.5 Å². The largest absolute Gasteiger partial charge is 0.454 e. The lowest BCUT2D eigenvalue weighted by atomic mass is 9.96. The predicted molar refractivity (Wildman–Crippen MR) is 109 cm³/mol. The Morgan fingerprint density at radius 1 is 1.10 bits per heavy atom. The highest BCUT2D eigenvalue weighted by molar-refractivity contribution is 7.98. The van der Waals surface area contributed by atoms with E-state index >= 15 is 0 Å². The summed E-state index contributed by atoms with van der Waals surface area (Å²) in [5.41, 5.74) is 2.76. The minimum absolute atomic E-state index is 0.151. The topological polar surface area (TPSA) is 104 Å². The summed E-state index contributed by atoms with van der Waals surface area (Å²) in [4.78, 5) is 8.85. The van der Waals surface area contributed by atoms with Gasteiger partial charge in [0.05, 0.1) is 11.3 Å². The summed E-state index contributed by atoms with van der Waals surface area (Å²) in [5.74, 6) is 2.19. The number of hydrogen-bond donors (Lipinski definition) is 1. The molecule has 1 aromatic carbocycles. The summed E-state index contributed by atoms with van der Waals surface area (Å²) < 4.78 is 10.8. The van der Waals surface area contributed by atoms with Gasteiger partial charge in [0.25, 0.3) is 0 Å². The molecule has 0 saturated carbocycles. The minimum Gasteiger partial charge on any atom is -0.454 e. The van der Waals surface area contributed by atoms with Crippen LogP contribution in [0.2, 0.25) is 0 Å². The molecule has 8 heteroatoms. The Morgan fingerprint density at radius 3 is 2.66 bits per heavy atom. The van der Waals surface area contributed by atoms with Gasteiger partial charge >= 0.3 is 0 Å². The maximum Gasteiger partial charge on any atom is 0.231 e. The van der Waals surface area contributed by atoms with Crippen LogP contribution in [-0.2, 0) is 5.75 Å². The highest BCUT2D eigenvalue weighted by Crippen LogP contribution is 2.41. The van der Waals surface area contributed by atoms with Crippen LogP contribution in [0.25, 0.3) is 11.1 Å². The lowest BCUT2D eigenvalue weighted by Gasteiger charge is -2.15. The highest BCUT2D eigenvalue weighted by atomic mass is 32.2. The fraction of sp³-hybridized carbons (Fsp3) is 0.143. The number of nitrogens with one attached hydrogen (secondary N) is 1. The predicted octanol–water partition coefficient (Wildman–Crippen LogP) is 3.95. The Balaban J connectivity index is 1.84. The van der Waals surface area contributed by atoms with Gasteiger partial charge in [0.2, 0.25) is 6.79 Å². The molecule has 0 aliphatic carbocycles. The van der Waals surface area contributed by atoms with Crippen LogP contribution in [0.3, 0.4) is 0 Å². The third kappa shape index (κ3) is 3.54. The molecule has 0 radical (unpaired) electrons. The minimum atomic E-state index is 0.151. The number of hydrogen-bond acceptors (Lipinski definition) is 8. The fourth-order valence-electron chi connectivity index (χ4n) is 3.03. The smallest absolute Gasteiger partial charge is 0.231 e. The molecule has 1 aliphatic heterocycles. The van der Waals surface area contributed by atoms with Gasteiger partial charge in [-0.15, -0.1) is 0 Å². The molecule has 1 aliphatic rings. The molecule has 29 heavy (non-hydrogen) atoms. The Morgan fingerprint density at radius 2 is 1.93 bits per heavy atom. The first-order valence-electron chi connectivity index (χ1n) is 8.73. The van der Waals surface area contributed by atoms with E-state index in [4.69, 9.17) is 9.47 Å². The van der Waals surface area contributed by atoms with Gasteiger partial charge in [-0.25, -0.2) is 4.98 Å². The van der Waals surface area contributed by atoms with Crippen LogP contribution >= 0.6 is 11.8 Å². The van der Waals surface area contributed by atoms with Crippen molar-refractivity contribution in [3.8, 4) is 34.8 Å². The molecule has 7 nitrogen and oxygen atoms in total. The fourth-order valence-corrected chi connectivity index (χ4v) is 3.93. The van der Waals surface area contributed by atoms with Crippen LogP contribution in [0.4, 0.5) is 5.82 Å². The second kappa shape index (κ2) is 8.09. The van der Waals surface area contributed by atoms with Gasteiger partial charge in [-0.2, -0.15) is 10.5 Å². The Bertz CT molecular complexity index is 1150. The van der Waals surface area contributed by atoms with E-state index in [1.54, 1.807) is 25.4 Å². The van der Waals surface area contributed by atoms with Crippen LogP contribution in [-0.4, -0.2) is 23.8 Å². The average Bonchev–Trinajstić information content (AvgIpc) is 3.25. The van der Waals surface area contributed by atoms with Gasteiger partial charge in [-0.3, -0.25) is 4.98 Å². The highest BCUT2D eigenvalue weighted by Gasteiger charge is 2.23. The maximum atomic E-state index is 9.93. The lowest BCUT2D eigenvalue weighted by Crippen LogP contribution is -2.04. The number of nitrogens with zero attached hydrogens (tertiary/aromatic N) is 4. The third-order valence-corrected chi connectivity index (χ3v) is 5.38. The number of aromatic nitrogens is 2. The SMILES string of the molecule is CNc1nc(SCc2ccccn2)c(C#N)c(-c2ccc3c(c2)OCO3)c1C#N. The number of fused-ring (bicyclic) bond motifs is 1. The summed E-state index contributed by atoms with van der Waals surface area (Å²) in [6.45, 7) is 0.151. The molecule has 142 valence electrons. The number of rotatable bonds is 5. The molecule has 2 aromatic heterocycles. The van der Waals surface area contributed by atoms with Crippen LogP contribution < -0.4 is 14.8 Å². The Hall–Kier alpha value is -3.75. The van der Waals surface area contributed by atoms with Gasteiger partial charge in [0.1, 0.15) is 28.5 Å². The van der Waals surface area contributed by atoms with Gasteiger partial charge in [-0.05, 0) is 29.8 Å². The summed E-state index contributed by atoms with van der Waals surface area (Å²) in [6.07, 6.45) is 1.73. The van der Waals surface area contributed by atoms with E-state index in [-0.39, 0.29) is 6.79 Å². The zero-order chi connectivity index (χ0) is 20.2. The van der Waals surface area contributed by atoms with Crippen LogP contribution in [0, 0.1) is 22.7 Å². The van der Waals surface area contributed by atoms with Crippen molar-refractivity contribution in [2.24, 2.45) is 0 Å². The molecule has 0 amide bonds. The van der Waals surface area contributed by atoms with E-state index < -0.39 is 0 Å². The summed E-state index contributed by atoms with van der Waals surface area (Å²) in [7, 11) is 1.70. The van der Waals surface area contributed by atoms with Gasteiger partial charge in [0, 0.05) is 24.6 Å². The van der Waals surface area contributed by atoms with E-state index in [0.717, 1.165) is 5.69 Å². The van der Waals surface area contributed by atoms with E-state index in [1.807, 2.05) is 24.3 Å². The molecular weight excluding hydrogens is 386 g/mol. The molecule has 4 rings (SSSR count). The molecule has 0 bridgehead atoms. The van der Waals surface area contributed by atoms with E-state index in [1.165, 1.54) is 11.8 Å². The lowest BCUT2D eigenvalue weighted by molar-refractivity contribution is 0.174. The van der Waals surface area contributed by atoms with Crippen molar-refractivity contribution in [3.05, 3.63) is 59.4 Å². The molecule has 0 unspecified atom stereocenters. The molecule has 1 N–H and O–H groups in total. The molecular formula is C21H15N5O2S. The van der Waals surface area contributed by atoms with Crippen LogP contribution in [0.1, 0.15) is 16.8 Å². The van der Waals surface area contributed by atoms with Gasteiger partial charge in [0.15, 0.2) is 11.5 Å².